The smallest absolute Gasteiger partial charge is 0.330 e. The molecule has 0 spiro atoms. The van der Waals surface area contributed by atoms with Crippen LogP contribution in [0.1, 0.15) is 18.1 Å². The van der Waals surface area contributed by atoms with E-state index in [0.29, 0.717) is 12.5 Å². The molecule has 0 fully saturated rings. The Hall–Kier alpha value is -1.28. The zero-order valence-electron chi connectivity index (χ0n) is 8.57. The molecule has 1 aromatic carbocycles. The molecule has 0 saturated heterocycles. The van der Waals surface area contributed by atoms with Gasteiger partial charge >= 0.3 is 5.97 Å². The maximum atomic E-state index is 11.0. The fourth-order valence-electron chi connectivity index (χ4n) is 1.07. The molecular formula is C12H13ClO2. The Morgan fingerprint density at radius 2 is 2.07 bits per heavy atom. The third-order valence-electron chi connectivity index (χ3n) is 1.83. The molecule has 2 nitrogen and oxygen atoms in total. The zero-order chi connectivity index (χ0) is 11.1. The van der Waals surface area contributed by atoms with Gasteiger partial charge in [-0.05, 0) is 24.1 Å². The van der Waals surface area contributed by atoms with Gasteiger partial charge in [0.15, 0.2) is 0 Å². The van der Waals surface area contributed by atoms with Crippen LogP contribution >= 0.6 is 11.6 Å². The number of hydrogen-bond acceptors (Lipinski definition) is 2. The molecular weight excluding hydrogens is 212 g/mol. The van der Waals surface area contributed by atoms with Gasteiger partial charge in [0.05, 0.1) is 6.61 Å². The lowest BCUT2D eigenvalue weighted by molar-refractivity contribution is -0.137. The lowest BCUT2D eigenvalue weighted by Gasteiger charge is -1.97. The van der Waals surface area contributed by atoms with Crippen molar-refractivity contribution in [3.05, 3.63) is 41.5 Å². The third-order valence-corrected chi connectivity index (χ3v) is 2.14. The van der Waals surface area contributed by atoms with Crippen LogP contribution in [0.4, 0.5) is 0 Å². The first-order valence-electron chi connectivity index (χ1n) is 4.76. The summed E-state index contributed by atoms with van der Waals surface area (Å²) >= 11 is 5.66. The van der Waals surface area contributed by atoms with E-state index in [9.17, 15) is 4.79 Å². The minimum Gasteiger partial charge on any atom is -0.463 e. The number of hydrogen-bond donors (Lipinski definition) is 0. The third kappa shape index (κ3) is 4.17. The van der Waals surface area contributed by atoms with Crippen LogP contribution in [-0.4, -0.2) is 12.6 Å². The van der Waals surface area contributed by atoms with Crippen LogP contribution in [0.3, 0.4) is 0 Å². The molecule has 0 heterocycles. The topological polar surface area (TPSA) is 26.3 Å². The quantitative estimate of drug-likeness (QED) is 0.447. The van der Waals surface area contributed by atoms with E-state index >= 15 is 0 Å². The van der Waals surface area contributed by atoms with Crippen molar-refractivity contribution >= 4 is 23.6 Å². The number of carbonyl (C=O) groups is 1. The molecule has 15 heavy (non-hydrogen) atoms. The molecule has 0 aliphatic heterocycles. The van der Waals surface area contributed by atoms with Crippen molar-refractivity contribution < 1.29 is 9.53 Å². The highest BCUT2D eigenvalue weighted by molar-refractivity contribution is 6.17. The van der Waals surface area contributed by atoms with Gasteiger partial charge in [0, 0.05) is 12.0 Å². The fourth-order valence-corrected chi connectivity index (χ4v) is 1.25. The fraction of sp³-hybridized carbons (Fsp3) is 0.250. The molecule has 0 aliphatic rings. The van der Waals surface area contributed by atoms with Gasteiger partial charge in [0.1, 0.15) is 0 Å². The summed E-state index contributed by atoms with van der Waals surface area (Å²) in [7, 11) is 0. The molecule has 0 bridgehead atoms. The second-order valence-corrected chi connectivity index (χ2v) is 3.23. The Labute approximate surface area is 94.5 Å². The van der Waals surface area contributed by atoms with E-state index in [0.717, 1.165) is 11.1 Å². The van der Waals surface area contributed by atoms with Gasteiger partial charge in [-0.3, -0.25) is 0 Å². The first kappa shape index (κ1) is 11.8. The average Bonchev–Trinajstić information content (AvgIpc) is 2.27. The summed E-state index contributed by atoms with van der Waals surface area (Å²) in [5, 5.41) is 0. The largest absolute Gasteiger partial charge is 0.463 e. The van der Waals surface area contributed by atoms with Crippen LogP contribution in [0.15, 0.2) is 30.3 Å². The van der Waals surface area contributed by atoms with E-state index in [4.69, 9.17) is 16.3 Å². The maximum absolute atomic E-state index is 11.0. The molecule has 80 valence electrons. The Morgan fingerprint density at radius 1 is 1.40 bits per heavy atom. The molecule has 1 aromatic rings. The standard InChI is InChI=1S/C12H13ClO2/c1-2-15-12(14)8-7-10-3-5-11(9-13)6-4-10/h3-8H,2,9H2,1H3/b8-7+. The average molecular weight is 225 g/mol. The predicted octanol–water partition coefficient (Wildman–Crippen LogP) is 3.00. The predicted molar refractivity (Wildman–Crippen MR) is 61.7 cm³/mol. The van der Waals surface area contributed by atoms with E-state index in [1.54, 1.807) is 13.0 Å². The SMILES string of the molecule is CCOC(=O)/C=C/c1ccc(CCl)cc1. The molecule has 3 heteroatoms. The highest BCUT2D eigenvalue weighted by Gasteiger charge is 1.94. The summed E-state index contributed by atoms with van der Waals surface area (Å²) in [6.45, 7) is 2.18. The Morgan fingerprint density at radius 3 is 2.60 bits per heavy atom. The van der Waals surface area contributed by atoms with E-state index < -0.39 is 0 Å². The van der Waals surface area contributed by atoms with Gasteiger partial charge in [-0.2, -0.15) is 0 Å². The van der Waals surface area contributed by atoms with Crippen molar-refractivity contribution in [1.29, 1.82) is 0 Å². The van der Waals surface area contributed by atoms with Gasteiger partial charge in [-0.25, -0.2) is 4.79 Å². The number of benzene rings is 1. The number of alkyl halides is 1. The number of halogens is 1. The minimum absolute atomic E-state index is 0.320. The van der Waals surface area contributed by atoms with Crippen LogP contribution < -0.4 is 0 Å². The summed E-state index contributed by atoms with van der Waals surface area (Å²) in [6.07, 6.45) is 3.13. The maximum Gasteiger partial charge on any atom is 0.330 e. The molecule has 0 atom stereocenters. The van der Waals surface area contributed by atoms with Crippen molar-refractivity contribution in [3.8, 4) is 0 Å². The molecule has 0 radical (unpaired) electrons. The molecule has 1 rings (SSSR count). The first-order valence-corrected chi connectivity index (χ1v) is 5.29. The highest BCUT2D eigenvalue weighted by atomic mass is 35.5. The normalized spacial score (nSPS) is 10.5. The van der Waals surface area contributed by atoms with Gasteiger partial charge in [0.2, 0.25) is 0 Å². The van der Waals surface area contributed by atoms with E-state index in [1.165, 1.54) is 6.08 Å². The molecule has 0 saturated carbocycles. The zero-order valence-corrected chi connectivity index (χ0v) is 9.33. The monoisotopic (exact) mass is 224 g/mol. The van der Waals surface area contributed by atoms with Gasteiger partial charge in [-0.1, -0.05) is 24.3 Å². The molecule has 0 aromatic heterocycles. The Bertz CT molecular complexity index is 341. The van der Waals surface area contributed by atoms with E-state index in [1.807, 2.05) is 24.3 Å². The summed E-state index contributed by atoms with van der Waals surface area (Å²) in [5.41, 5.74) is 2.02. The summed E-state index contributed by atoms with van der Waals surface area (Å²) in [6, 6.07) is 7.68. The Balaban J connectivity index is 2.60. The van der Waals surface area contributed by atoms with Crippen LogP contribution in [0.5, 0.6) is 0 Å². The van der Waals surface area contributed by atoms with Crippen molar-refractivity contribution in [2.45, 2.75) is 12.8 Å². The lowest BCUT2D eigenvalue weighted by atomic mass is 10.1. The lowest BCUT2D eigenvalue weighted by Crippen LogP contribution is -1.98. The van der Waals surface area contributed by atoms with Crippen LogP contribution in [0.25, 0.3) is 6.08 Å². The number of ether oxygens (including phenoxy) is 1. The van der Waals surface area contributed by atoms with Crippen LogP contribution in [-0.2, 0) is 15.4 Å². The molecule has 0 aliphatic carbocycles. The second-order valence-electron chi connectivity index (χ2n) is 2.96. The number of esters is 1. The highest BCUT2D eigenvalue weighted by Crippen LogP contribution is 2.08. The van der Waals surface area contributed by atoms with E-state index in [-0.39, 0.29) is 5.97 Å². The molecule has 0 N–H and O–H groups in total. The Kier molecular flexibility index (Phi) is 4.91. The van der Waals surface area contributed by atoms with Gasteiger partial charge in [-0.15, -0.1) is 11.6 Å². The first-order chi connectivity index (χ1) is 7.26. The van der Waals surface area contributed by atoms with Crippen LogP contribution in [0, 0.1) is 0 Å². The van der Waals surface area contributed by atoms with Crippen molar-refractivity contribution in [3.63, 3.8) is 0 Å². The summed E-state index contributed by atoms with van der Waals surface area (Å²) < 4.78 is 4.76. The van der Waals surface area contributed by atoms with Crippen LogP contribution in [0.2, 0.25) is 0 Å². The summed E-state index contributed by atoms with van der Waals surface area (Å²) in [5.74, 6) is 0.181. The van der Waals surface area contributed by atoms with E-state index in [2.05, 4.69) is 0 Å². The summed E-state index contributed by atoms with van der Waals surface area (Å²) in [4.78, 5) is 11.0. The van der Waals surface area contributed by atoms with Gasteiger partial charge in [0.25, 0.3) is 0 Å². The molecule has 0 amide bonds. The van der Waals surface area contributed by atoms with Crippen molar-refractivity contribution in [2.75, 3.05) is 6.61 Å². The molecule has 0 unspecified atom stereocenters. The van der Waals surface area contributed by atoms with Gasteiger partial charge < -0.3 is 4.74 Å². The van der Waals surface area contributed by atoms with Crippen molar-refractivity contribution in [1.82, 2.24) is 0 Å². The second kappa shape index (κ2) is 6.25. The minimum atomic E-state index is -0.320. The number of carbonyl (C=O) groups excluding carboxylic acids is 1. The van der Waals surface area contributed by atoms with Crippen molar-refractivity contribution in [2.24, 2.45) is 0 Å². The number of rotatable bonds is 4.